The van der Waals surface area contributed by atoms with Gasteiger partial charge in [-0.15, -0.1) is 0 Å². The Morgan fingerprint density at radius 2 is 2.00 bits per heavy atom. The summed E-state index contributed by atoms with van der Waals surface area (Å²) in [6.07, 6.45) is 1.45. The Labute approximate surface area is 165 Å². The van der Waals surface area contributed by atoms with E-state index in [1.165, 1.54) is 35.2 Å². The number of methoxy groups -OCH3 is 1. The molecule has 0 bridgehead atoms. The molecule has 3 heterocycles. The van der Waals surface area contributed by atoms with Gasteiger partial charge in [-0.25, -0.2) is 9.67 Å². The van der Waals surface area contributed by atoms with E-state index in [-0.39, 0.29) is 23.3 Å². The molecule has 28 heavy (non-hydrogen) atoms. The number of likely N-dealkylation sites (tertiary alicyclic amines) is 1. The van der Waals surface area contributed by atoms with E-state index in [1.807, 2.05) is 18.2 Å². The summed E-state index contributed by atoms with van der Waals surface area (Å²) in [6.45, 7) is 1.15. The zero-order valence-electron chi connectivity index (χ0n) is 15.6. The van der Waals surface area contributed by atoms with Gasteiger partial charge in [0.1, 0.15) is 17.5 Å². The molecule has 1 fully saturated rings. The van der Waals surface area contributed by atoms with Gasteiger partial charge in [-0.05, 0) is 24.3 Å². The predicted octanol–water partition coefficient (Wildman–Crippen LogP) is 2.08. The summed E-state index contributed by atoms with van der Waals surface area (Å²) in [5.74, 6) is 0.627. The second-order valence-electron chi connectivity index (χ2n) is 6.60. The molecule has 3 aromatic rings. The van der Waals surface area contributed by atoms with E-state index in [9.17, 15) is 9.59 Å². The summed E-state index contributed by atoms with van der Waals surface area (Å²) in [5, 5.41) is 4.67. The van der Waals surface area contributed by atoms with Crippen molar-refractivity contribution in [2.75, 3.05) is 20.2 Å². The monoisotopic (exact) mass is 400 g/mol. The number of aromatic nitrogens is 3. The smallest absolute Gasteiger partial charge is 0.274 e. The number of hydrogen-bond donors (Lipinski definition) is 0. The molecule has 1 amide bonds. The number of thiazole rings is 1. The highest BCUT2D eigenvalue weighted by Gasteiger charge is 2.26. The van der Waals surface area contributed by atoms with Crippen LogP contribution in [0, 0.1) is 0 Å². The highest BCUT2D eigenvalue weighted by molar-refractivity contribution is 7.20. The molecule has 0 saturated carbocycles. The topological polar surface area (TPSA) is 86.5 Å². The molecule has 0 unspecified atom stereocenters. The number of nitrogens with zero attached hydrogens (tertiary/aromatic N) is 4. The van der Waals surface area contributed by atoms with Gasteiger partial charge in [0.2, 0.25) is 0 Å². The van der Waals surface area contributed by atoms with Gasteiger partial charge in [0.15, 0.2) is 0 Å². The molecule has 0 N–H and O–H groups in total. The summed E-state index contributed by atoms with van der Waals surface area (Å²) in [6, 6.07) is 8.57. The van der Waals surface area contributed by atoms with E-state index in [0.29, 0.717) is 18.3 Å². The van der Waals surface area contributed by atoms with Crippen LogP contribution in [0.3, 0.4) is 0 Å². The first-order valence-corrected chi connectivity index (χ1v) is 9.80. The molecule has 0 atom stereocenters. The third-order valence-corrected chi connectivity index (χ3v) is 5.66. The van der Waals surface area contributed by atoms with Gasteiger partial charge in [-0.2, -0.15) is 5.10 Å². The minimum atomic E-state index is -0.239. The Morgan fingerprint density at radius 1 is 1.21 bits per heavy atom. The van der Waals surface area contributed by atoms with Crippen LogP contribution in [0.4, 0.5) is 0 Å². The lowest BCUT2D eigenvalue weighted by atomic mass is 10.1. The van der Waals surface area contributed by atoms with E-state index >= 15 is 0 Å². The van der Waals surface area contributed by atoms with Crippen LogP contribution in [0.25, 0.3) is 10.2 Å². The van der Waals surface area contributed by atoms with Crippen molar-refractivity contribution < 1.29 is 14.3 Å². The fourth-order valence-corrected chi connectivity index (χ4v) is 4.07. The van der Waals surface area contributed by atoms with Crippen LogP contribution in [0.1, 0.15) is 23.3 Å². The van der Waals surface area contributed by atoms with Crippen molar-refractivity contribution in [3.05, 3.63) is 46.4 Å². The minimum absolute atomic E-state index is 0.0135. The second kappa shape index (κ2) is 7.59. The van der Waals surface area contributed by atoms with Gasteiger partial charge in [0.05, 0.1) is 17.3 Å². The number of ether oxygens (including phenoxy) is 2. The minimum Gasteiger partial charge on any atom is -0.497 e. The number of hydrogen-bond acceptors (Lipinski definition) is 7. The summed E-state index contributed by atoms with van der Waals surface area (Å²) in [4.78, 5) is 30.3. The normalized spacial score (nSPS) is 15.0. The van der Waals surface area contributed by atoms with Gasteiger partial charge in [-0.3, -0.25) is 9.59 Å². The van der Waals surface area contributed by atoms with Crippen LogP contribution >= 0.6 is 11.3 Å². The molecule has 0 aliphatic carbocycles. The Kier molecular flexibility index (Phi) is 4.99. The van der Waals surface area contributed by atoms with Crippen LogP contribution in [0.2, 0.25) is 0 Å². The molecule has 0 spiro atoms. The largest absolute Gasteiger partial charge is 0.497 e. The van der Waals surface area contributed by atoms with Gasteiger partial charge in [0.25, 0.3) is 16.7 Å². The van der Waals surface area contributed by atoms with Crippen molar-refractivity contribution in [3.8, 4) is 10.9 Å². The molecule has 2 aromatic heterocycles. The van der Waals surface area contributed by atoms with Crippen LogP contribution in [-0.2, 0) is 7.05 Å². The maximum absolute atomic E-state index is 12.6. The maximum Gasteiger partial charge on any atom is 0.274 e. The first-order chi connectivity index (χ1) is 13.5. The SMILES string of the molecule is COc1ccc2nc(OC3CCN(C(=O)c4ccc(=O)n(C)n4)CC3)sc2c1. The number of piperidine rings is 1. The first-order valence-electron chi connectivity index (χ1n) is 8.98. The molecule has 4 rings (SSSR count). The molecular weight excluding hydrogens is 380 g/mol. The number of carbonyl (C=O) groups excluding carboxylic acids is 1. The van der Waals surface area contributed by atoms with Crippen molar-refractivity contribution in [1.82, 2.24) is 19.7 Å². The van der Waals surface area contributed by atoms with Crippen molar-refractivity contribution in [1.29, 1.82) is 0 Å². The highest BCUT2D eigenvalue weighted by atomic mass is 32.1. The van der Waals surface area contributed by atoms with Crippen molar-refractivity contribution in [2.45, 2.75) is 18.9 Å². The lowest BCUT2D eigenvalue weighted by molar-refractivity contribution is 0.0588. The van der Waals surface area contributed by atoms with Crippen LogP contribution in [0.15, 0.2) is 35.1 Å². The second-order valence-corrected chi connectivity index (χ2v) is 7.60. The van der Waals surface area contributed by atoms with Crippen molar-refractivity contribution in [2.24, 2.45) is 7.05 Å². The number of fused-ring (bicyclic) bond motifs is 1. The highest BCUT2D eigenvalue weighted by Crippen LogP contribution is 2.32. The lowest BCUT2D eigenvalue weighted by Gasteiger charge is -2.31. The molecule has 1 aliphatic heterocycles. The lowest BCUT2D eigenvalue weighted by Crippen LogP contribution is -2.42. The van der Waals surface area contributed by atoms with Crippen molar-refractivity contribution >= 4 is 27.5 Å². The van der Waals surface area contributed by atoms with Gasteiger partial charge >= 0.3 is 0 Å². The molecule has 8 nitrogen and oxygen atoms in total. The Balaban J connectivity index is 1.38. The quantitative estimate of drug-likeness (QED) is 0.667. The summed E-state index contributed by atoms with van der Waals surface area (Å²) in [7, 11) is 3.17. The van der Waals surface area contributed by atoms with Crippen LogP contribution < -0.4 is 15.0 Å². The molecule has 0 radical (unpaired) electrons. The van der Waals surface area contributed by atoms with Gasteiger partial charge < -0.3 is 14.4 Å². The van der Waals surface area contributed by atoms with E-state index in [2.05, 4.69) is 10.1 Å². The van der Waals surface area contributed by atoms with Crippen LogP contribution in [0.5, 0.6) is 10.9 Å². The Morgan fingerprint density at radius 3 is 2.71 bits per heavy atom. The fraction of sp³-hybridized carbons (Fsp3) is 0.368. The number of amides is 1. The summed E-state index contributed by atoms with van der Waals surface area (Å²) >= 11 is 1.49. The maximum atomic E-state index is 12.6. The first kappa shape index (κ1) is 18.4. The molecule has 1 saturated heterocycles. The predicted molar refractivity (Wildman–Crippen MR) is 105 cm³/mol. The Bertz CT molecular complexity index is 1070. The number of carbonyl (C=O) groups is 1. The molecule has 1 aliphatic rings. The van der Waals surface area contributed by atoms with E-state index in [1.54, 1.807) is 12.0 Å². The molecule has 1 aromatic carbocycles. The molecular formula is C19H20N4O4S. The third kappa shape index (κ3) is 3.70. The zero-order chi connectivity index (χ0) is 19.7. The van der Waals surface area contributed by atoms with Gasteiger partial charge in [-0.1, -0.05) is 11.3 Å². The Hall–Kier alpha value is -2.94. The standard InChI is InChI=1S/C19H20N4O4S/c1-22-17(24)6-5-15(21-22)18(25)23-9-7-12(8-10-23)27-19-20-14-4-3-13(26-2)11-16(14)28-19/h3-6,11-12H,7-10H2,1-2H3. The van der Waals surface area contributed by atoms with Crippen molar-refractivity contribution in [3.63, 3.8) is 0 Å². The summed E-state index contributed by atoms with van der Waals surface area (Å²) < 4.78 is 13.5. The fourth-order valence-electron chi connectivity index (χ4n) is 3.16. The number of benzene rings is 1. The zero-order valence-corrected chi connectivity index (χ0v) is 16.4. The molecule has 9 heteroatoms. The number of rotatable bonds is 4. The summed E-state index contributed by atoms with van der Waals surface area (Å²) in [5.41, 5.74) is 0.924. The number of aryl methyl sites for hydroxylation is 1. The average Bonchev–Trinajstić information content (AvgIpc) is 3.11. The molecule has 146 valence electrons. The van der Waals surface area contributed by atoms with Crippen LogP contribution in [-0.4, -0.2) is 51.9 Å². The average molecular weight is 400 g/mol. The van der Waals surface area contributed by atoms with E-state index in [4.69, 9.17) is 9.47 Å². The van der Waals surface area contributed by atoms with E-state index < -0.39 is 0 Å². The third-order valence-electron chi connectivity index (χ3n) is 4.75. The van der Waals surface area contributed by atoms with E-state index in [0.717, 1.165) is 28.8 Å². The van der Waals surface area contributed by atoms with Gasteiger partial charge in [0, 0.05) is 39.0 Å².